The van der Waals surface area contributed by atoms with Gasteiger partial charge in [0.1, 0.15) is 5.78 Å². The quantitative estimate of drug-likeness (QED) is 0.692. The van der Waals surface area contributed by atoms with Crippen molar-refractivity contribution in [2.24, 2.45) is 0 Å². The van der Waals surface area contributed by atoms with E-state index in [1.54, 1.807) is 30.3 Å². The molecule has 1 aliphatic heterocycles. The van der Waals surface area contributed by atoms with Crippen LogP contribution in [0.5, 0.6) is 0 Å². The van der Waals surface area contributed by atoms with Crippen molar-refractivity contribution in [1.82, 2.24) is 0 Å². The van der Waals surface area contributed by atoms with Gasteiger partial charge in [0.05, 0.1) is 23.2 Å². The summed E-state index contributed by atoms with van der Waals surface area (Å²) in [6.45, 7) is 1.32. The smallest absolute Gasteiger partial charge is 0.266 e. The number of amides is 3. The van der Waals surface area contributed by atoms with E-state index in [2.05, 4.69) is 5.32 Å². The molecule has 0 aromatic heterocycles. The molecule has 0 saturated carbocycles. The van der Waals surface area contributed by atoms with Crippen molar-refractivity contribution in [2.75, 3.05) is 10.2 Å². The molecule has 1 aliphatic rings. The number of anilines is 2. The third kappa shape index (κ3) is 2.81. The Morgan fingerprint density at radius 3 is 2.29 bits per heavy atom. The van der Waals surface area contributed by atoms with Gasteiger partial charge in [-0.05, 0) is 37.3 Å². The minimum atomic E-state index is -0.459. The number of hydrogen-bond donors (Lipinski definition) is 1. The number of imide groups is 1. The standard InChI is InChI=1S/C18H14N2O4/c1-11(21)9-16(22)19-12-7-8-14-15(10-12)18(24)20(17(14)23)13-5-3-2-4-6-13/h2-8,10H,9H2,1H3,(H,19,22). The lowest BCUT2D eigenvalue weighted by Crippen LogP contribution is -2.29. The number of fused-ring (bicyclic) bond motifs is 1. The van der Waals surface area contributed by atoms with Crippen LogP contribution in [0.25, 0.3) is 0 Å². The monoisotopic (exact) mass is 322 g/mol. The number of para-hydroxylation sites is 1. The van der Waals surface area contributed by atoms with Crippen molar-refractivity contribution in [3.05, 3.63) is 59.7 Å². The molecule has 120 valence electrons. The second-order valence-corrected chi connectivity index (χ2v) is 5.47. The molecule has 0 fully saturated rings. The maximum absolute atomic E-state index is 12.6. The van der Waals surface area contributed by atoms with Gasteiger partial charge >= 0.3 is 0 Å². The van der Waals surface area contributed by atoms with Gasteiger partial charge in [-0.25, -0.2) is 4.90 Å². The predicted molar refractivity (Wildman–Crippen MR) is 88.0 cm³/mol. The highest BCUT2D eigenvalue weighted by atomic mass is 16.2. The average molecular weight is 322 g/mol. The van der Waals surface area contributed by atoms with E-state index in [9.17, 15) is 19.2 Å². The van der Waals surface area contributed by atoms with Gasteiger partial charge < -0.3 is 5.32 Å². The van der Waals surface area contributed by atoms with E-state index in [-0.39, 0.29) is 23.3 Å². The largest absolute Gasteiger partial charge is 0.326 e. The van der Waals surface area contributed by atoms with Gasteiger partial charge in [-0.15, -0.1) is 0 Å². The molecule has 6 nitrogen and oxygen atoms in total. The van der Waals surface area contributed by atoms with Crippen molar-refractivity contribution in [3.8, 4) is 0 Å². The van der Waals surface area contributed by atoms with Gasteiger partial charge in [0, 0.05) is 5.69 Å². The number of rotatable bonds is 4. The van der Waals surface area contributed by atoms with E-state index < -0.39 is 17.7 Å². The predicted octanol–water partition coefficient (Wildman–Crippen LogP) is 2.40. The van der Waals surface area contributed by atoms with Gasteiger partial charge in [-0.3, -0.25) is 19.2 Å². The van der Waals surface area contributed by atoms with Crippen molar-refractivity contribution >= 4 is 34.9 Å². The topological polar surface area (TPSA) is 83.6 Å². The van der Waals surface area contributed by atoms with Crippen LogP contribution in [-0.4, -0.2) is 23.5 Å². The maximum atomic E-state index is 12.6. The SMILES string of the molecule is CC(=O)CC(=O)Nc1ccc2c(c1)C(=O)N(c1ccccc1)C2=O. The van der Waals surface area contributed by atoms with Gasteiger partial charge in [0.15, 0.2) is 0 Å². The number of ketones is 1. The van der Waals surface area contributed by atoms with Crippen LogP contribution in [0.15, 0.2) is 48.5 Å². The van der Waals surface area contributed by atoms with Crippen LogP contribution >= 0.6 is 0 Å². The minimum absolute atomic E-state index is 0.226. The summed E-state index contributed by atoms with van der Waals surface area (Å²) in [7, 11) is 0. The molecule has 0 spiro atoms. The second kappa shape index (κ2) is 6.08. The molecule has 2 aromatic carbocycles. The summed E-state index contributed by atoms with van der Waals surface area (Å²) < 4.78 is 0. The van der Waals surface area contributed by atoms with Gasteiger partial charge in [-0.2, -0.15) is 0 Å². The van der Waals surface area contributed by atoms with E-state index in [0.717, 1.165) is 4.90 Å². The zero-order valence-electron chi connectivity index (χ0n) is 12.9. The second-order valence-electron chi connectivity index (χ2n) is 5.47. The van der Waals surface area contributed by atoms with Crippen LogP contribution in [0.1, 0.15) is 34.1 Å². The minimum Gasteiger partial charge on any atom is -0.326 e. The third-order valence-corrected chi connectivity index (χ3v) is 3.59. The van der Waals surface area contributed by atoms with E-state index in [1.807, 2.05) is 0 Å². The number of carbonyl (C=O) groups is 4. The first kappa shape index (κ1) is 15.6. The fourth-order valence-corrected chi connectivity index (χ4v) is 2.56. The Morgan fingerprint density at radius 2 is 1.62 bits per heavy atom. The molecule has 24 heavy (non-hydrogen) atoms. The van der Waals surface area contributed by atoms with Gasteiger partial charge in [-0.1, -0.05) is 18.2 Å². The molecule has 0 radical (unpaired) electrons. The number of hydrogen-bond acceptors (Lipinski definition) is 4. The lowest BCUT2D eigenvalue weighted by Gasteiger charge is -2.13. The molecule has 3 rings (SSSR count). The highest BCUT2D eigenvalue weighted by molar-refractivity contribution is 6.34. The molecule has 0 saturated heterocycles. The van der Waals surface area contributed by atoms with Crippen molar-refractivity contribution in [2.45, 2.75) is 13.3 Å². The first-order valence-electron chi connectivity index (χ1n) is 7.34. The zero-order valence-corrected chi connectivity index (χ0v) is 12.9. The normalized spacial score (nSPS) is 13.0. The molecule has 6 heteroatoms. The van der Waals surface area contributed by atoms with Crippen molar-refractivity contribution in [1.29, 1.82) is 0 Å². The van der Waals surface area contributed by atoms with Crippen LogP contribution in [0, 0.1) is 0 Å². The van der Waals surface area contributed by atoms with Crippen molar-refractivity contribution in [3.63, 3.8) is 0 Å². The van der Waals surface area contributed by atoms with E-state index in [0.29, 0.717) is 11.4 Å². The van der Waals surface area contributed by atoms with Crippen LogP contribution in [0.3, 0.4) is 0 Å². The first-order chi connectivity index (χ1) is 11.5. The molecule has 2 aromatic rings. The number of benzene rings is 2. The Balaban J connectivity index is 1.89. The summed E-state index contributed by atoms with van der Waals surface area (Å²) in [6, 6.07) is 13.1. The summed E-state index contributed by atoms with van der Waals surface area (Å²) in [6.07, 6.45) is -0.236. The lowest BCUT2D eigenvalue weighted by molar-refractivity contribution is -0.124. The Hall–Kier alpha value is -3.28. The Bertz CT molecular complexity index is 859. The molecule has 0 bridgehead atoms. The Labute approximate surface area is 138 Å². The summed E-state index contributed by atoms with van der Waals surface area (Å²) in [5.41, 5.74) is 1.37. The Kier molecular flexibility index (Phi) is 3.95. The number of carbonyl (C=O) groups excluding carboxylic acids is 4. The number of nitrogens with one attached hydrogen (secondary N) is 1. The molecule has 1 N–H and O–H groups in total. The van der Waals surface area contributed by atoms with E-state index in [1.165, 1.54) is 25.1 Å². The van der Waals surface area contributed by atoms with Gasteiger partial charge in [0.25, 0.3) is 11.8 Å². The Morgan fingerprint density at radius 1 is 0.958 bits per heavy atom. The molecule has 0 unspecified atom stereocenters. The summed E-state index contributed by atoms with van der Waals surface area (Å²) in [4.78, 5) is 48.7. The molecule has 1 heterocycles. The first-order valence-corrected chi connectivity index (χ1v) is 7.34. The van der Waals surface area contributed by atoms with E-state index in [4.69, 9.17) is 0 Å². The molecular formula is C18H14N2O4. The molecule has 0 atom stereocenters. The summed E-state index contributed by atoms with van der Waals surface area (Å²) in [5, 5.41) is 2.55. The molecule has 3 amide bonds. The fourth-order valence-electron chi connectivity index (χ4n) is 2.56. The van der Waals surface area contributed by atoms with Crippen LogP contribution in [-0.2, 0) is 9.59 Å². The number of Topliss-reactive ketones (excluding diaryl/α,β-unsaturated/α-hetero) is 1. The molecular weight excluding hydrogens is 308 g/mol. The summed E-state index contributed by atoms with van der Waals surface area (Å²) >= 11 is 0. The highest BCUT2D eigenvalue weighted by Crippen LogP contribution is 2.30. The third-order valence-electron chi connectivity index (χ3n) is 3.59. The maximum Gasteiger partial charge on any atom is 0.266 e. The number of nitrogens with zero attached hydrogens (tertiary/aromatic N) is 1. The lowest BCUT2D eigenvalue weighted by atomic mass is 10.1. The zero-order chi connectivity index (χ0) is 17.3. The average Bonchev–Trinajstić information content (AvgIpc) is 2.78. The van der Waals surface area contributed by atoms with Crippen LogP contribution in [0.2, 0.25) is 0 Å². The molecule has 0 aliphatic carbocycles. The fraction of sp³-hybridized carbons (Fsp3) is 0.111. The van der Waals surface area contributed by atoms with E-state index >= 15 is 0 Å². The van der Waals surface area contributed by atoms with Crippen LogP contribution in [0.4, 0.5) is 11.4 Å². The highest BCUT2D eigenvalue weighted by Gasteiger charge is 2.36. The summed E-state index contributed by atoms with van der Waals surface area (Å²) in [5.74, 6) is -1.55. The van der Waals surface area contributed by atoms with Crippen molar-refractivity contribution < 1.29 is 19.2 Å². The van der Waals surface area contributed by atoms with Crippen LogP contribution < -0.4 is 10.2 Å². The van der Waals surface area contributed by atoms with Gasteiger partial charge in [0.2, 0.25) is 5.91 Å².